The van der Waals surface area contributed by atoms with Crippen LogP contribution in [0.2, 0.25) is 0 Å². The van der Waals surface area contributed by atoms with E-state index < -0.39 is 5.91 Å². The van der Waals surface area contributed by atoms with Gasteiger partial charge in [0.05, 0.1) is 23.1 Å². The first-order valence-corrected chi connectivity index (χ1v) is 13.2. The molecule has 4 amide bonds. The average Bonchev–Trinajstić information content (AvgIpc) is 3.17. The van der Waals surface area contributed by atoms with E-state index in [0.717, 1.165) is 31.3 Å². The molecule has 3 aliphatic rings. The zero-order valence-electron chi connectivity index (χ0n) is 21.4. The molecule has 2 aromatic rings. The molecular weight excluding hydrogens is 466 g/mol. The Morgan fingerprint density at radius 1 is 0.919 bits per heavy atom. The van der Waals surface area contributed by atoms with E-state index in [9.17, 15) is 19.2 Å². The van der Waals surface area contributed by atoms with Crippen molar-refractivity contribution in [2.24, 2.45) is 11.8 Å². The van der Waals surface area contributed by atoms with Gasteiger partial charge in [-0.05, 0) is 69.0 Å². The third kappa shape index (κ3) is 4.82. The maximum atomic E-state index is 13.3. The quantitative estimate of drug-likeness (QED) is 0.453. The van der Waals surface area contributed by atoms with Crippen LogP contribution in [0.5, 0.6) is 0 Å². The molecule has 0 unspecified atom stereocenters. The fourth-order valence-corrected chi connectivity index (χ4v) is 5.87. The minimum atomic E-state index is -0.418. The summed E-state index contributed by atoms with van der Waals surface area (Å²) in [7, 11) is 1.86. The number of nitrogens with one attached hydrogen (secondary N) is 1. The zero-order chi connectivity index (χ0) is 26.1. The van der Waals surface area contributed by atoms with Crippen LogP contribution in [0.1, 0.15) is 72.6 Å². The summed E-state index contributed by atoms with van der Waals surface area (Å²) in [5, 5.41) is 2.86. The third-order valence-electron chi connectivity index (χ3n) is 8.05. The summed E-state index contributed by atoms with van der Waals surface area (Å²) in [4.78, 5) is 55.6. The number of carbonyl (C=O) groups is 4. The van der Waals surface area contributed by atoms with Crippen LogP contribution in [0.4, 0.5) is 11.4 Å². The van der Waals surface area contributed by atoms with Crippen LogP contribution in [-0.4, -0.2) is 41.6 Å². The highest BCUT2D eigenvalue weighted by atomic mass is 16.2. The summed E-state index contributed by atoms with van der Waals surface area (Å²) in [6, 6.07) is 13.8. The van der Waals surface area contributed by atoms with Gasteiger partial charge in [0.2, 0.25) is 11.8 Å². The summed E-state index contributed by atoms with van der Waals surface area (Å²) < 4.78 is 0. The van der Waals surface area contributed by atoms with Gasteiger partial charge in [-0.1, -0.05) is 43.0 Å². The number of nitrogens with zero attached hydrogens (tertiary/aromatic N) is 2. The number of rotatable bonds is 5. The highest BCUT2D eigenvalue weighted by Gasteiger charge is 2.49. The van der Waals surface area contributed by atoms with Crippen LogP contribution in [-0.2, 0) is 9.59 Å². The topological polar surface area (TPSA) is 86.8 Å². The monoisotopic (exact) mass is 499 g/mol. The van der Waals surface area contributed by atoms with E-state index in [1.54, 1.807) is 48.5 Å². The van der Waals surface area contributed by atoms with E-state index in [0.29, 0.717) is 29.8 Å². The number of para-hydroxylation sites is 1. The lowest BCUT2D eigenvalue weighted by molar-refractivity contribution is -0.122. The lowest BCUT2D eigenvalue weighted by atomic mass is 9.82. The molecule has 7 heteroatoms. The summed E-state index contributed by atoms with van der Waals surface area (Å²) in [5.74, 6) is -1.67. The molecule has 2 atom stereocenters. The fraction of sp³-hybridized carbons (Fsp3) is 0.400. The van der Waals surface area contributed by atoms with Gasteiger partial charge in [-0.15, -0.1) is 0 Å². The first kappa shape index (κ1) is 24.9. The molecule has 5 rings (SSSR count). The second kappa shape index (κ2) is 10.3. The Labute approximate surface area is 217 Å². The molecule has 1 aliphatic heterocycles. The van der Waals surface area contributed by atoms with Gasteiger partial charge in [0.1, 0.15) is 0 Å². The number of amides is 4. The molecule has 1 saturated carbocycles. The lowest BCUT2D eigenvalue weighted by Gasteiger charge is -2.31. The van der Waals surface area contributed by atoms with Crippen LogP contribution in [0.15, 0.2) is 60.2 Å². The molecule has 0 spiro atoms. The highest BCUT2D eigenvalue weighted by molar-refractivity contribution is 6.25. The Hall–Kier alpha value is -3.74. The summed E-state index contributed by atoms with van der Waals surface area (Å²) in [5.41, 5.74) is 2.78. The van der Waals surface area contributed by atoms with Crippen molar-refractivity contribution >= 4 is 35.0 Å². The van der Waals surface area contributed by atoms with Gasteiger partial charge in [0.15, 0.2) is 0 Å². The van der Waals surface area contributed by atoms with Crippen LogP contribution in [0, 0.1) is 11.8 Å². The Morgan fingerprint density at radius 3 is 2.32 bits per heavy atom. The highest BCUT2D eigenvalue weighted by Crippen LogP contribution is 2.40. The van der Waals surface area contributed by atoms with Crippen molar-refractivity contribution in [2.45, 2.75) is 57.9 Å². The van der Waals surface area contributed by atoms with Crippen LogP contribution in [0.25, 0.3) is 0 Å². The molecule has 7 nitrogen and oxygen atoms in total. The van der Waals surface area contributed by atoms with Gasteiger partial charge in [-0.2, -0.15) is 0 Å². The van der Waals surface area contributed by atoms with E-state index in [1.807, 2.05) is 24.9 Å². The number of benzene rings is 2. The molecule has 1 saturated heterocycles. The minimum Gasteiger partial charge on any atom is -0.339 e. The van der Waals surface area contributed by atoms with Crippen molar-refractivity contribution in [3.05, 3.63) is 71.3 Å². The molecule has 1 N–H and O–H groups in total. The van der Waals surface area contributed by atoms with Crippen LogP contribution < -0.4 is 10.2 Å². The molecular formula is C30H33N3O4. The molecule has 2 aliphatic carbocycles. The third-order valence-corrected chi connectivity index (χ3v) is 8.05. The number of hydrogen-bond donors (Lipinski definition) is 1. The van der Waals surface area contributed by atoms with Crippen molar-refractivity contribution in [1.82, 2.24) is 4.90 Å². The smallest absolute Gasteiger partial charge is 0.257 e. The number of anilines is 2. The van der Waals surface area contributed by atoms with Gasteiger partial charge >= 0.3 is 0 Å². The molecule has 2 fully saturated rings. The molecule has 1 heterocycles. The van der Waals surface area contributed by atoms with E-state index in [1.165, 1.54) is 11.3 Å². The zero-order valence-corrected chi connectivity index (χ0v) is 21.4. The van der Waals surface area contributed by atoms with E-state index in [4.69, 9.17) is 0 Å². The Kier molecular flexibility index (Phi) is 6.96. The van der Waals surface area contributed by atoms with Crippen LogP contribution >= 0.6 is 0 Å². The first-order chi connectivity index (χ1) is 17.8. The predicted octanol–water partition coefficient (Wildman–Crippen LogP) is 5.19. The molecule has 0 bridgehead atoms. The summed E-state index contributed by atoms with van der Waals surface area (Å²) >= 11 is 0. The summed E-state index contributed by atoms with van der Waals surface area (Å²) in [6.07, 6.45) is 8.76. The molecule has 2 aromatic carbocycles. The lowest BCUT2D eigenvalue weighted by Crippen LogP contribution is -2.38. The Bertz CT molecular complexity index is 1260. The summed E-state index contributed by atoms with van der Waals surface area (Å²) in [6.45, 7) is 1.98. The molecule has 192 valence electrons. The van der Waals surface area contributed by atoms with Gasteiger partial charge < -0.3 is 10.2 Å². The SMILES string of the molecule is CC1=CC[C@@H]2C(=O)N(c3ccccc3C(=O)Nc3ccc(C(=O)N(C)C4CCCCC4)cc3)C(=O)[C@@H]2C1. The number of fused-ring (bicyclic) bond motifs is 1. The van der Waals surface area contributed by atoms with E-state index >= 15 is 0 Å². The number of carbonyl (C=O) groups excluding carboxylic acids is 4. The second-order valence-corrected chi connectivity index (χ2v) is 10.5. The van der Waals surface area contributed by atoms with Crippen molar-refractivity contribution in [1.29, 1.82) is 0 Å². The number of hydrogen-bond acceptors (Lipinski definition) is 4. The first-order valence-electron chi connectivity index (χ1n) is 13.2. The fourth-order valence-electron chi connectivity index (χ4n) is 5.87. The standard InChI is InChI=1S/C30H33N3O4/c1-19-12-17-23-25(18-19)30(37)33(29(23)36)26-11-7-6-10-24(26)27(34)31-21-15-13-20(14-16-21)28(35)32(2)22-8-4-3-5-9-22/h6-7,10-16,22-23,25H,3-5,8-9,17-18H2,1-2H3,(H,31,34)/t23-,25+/m0/s1. The normalized spacial score (nSPS) is 21.9. The van der Waals surface area contributed by atoms with E-state index in [-0.39, 0.29) is 41.2 Å². The molecule has 0 radical (unpaired) electrons. The Morgan fingerprint density at radius 2 is 1.59 bits per heavy atom. The Balaban J connectivity index is 1.30. The van der Waals surface area contributed by atoms with Crippen molar-refractivity contribution in [3.8, 4) is 0 Å². The maximum absolute atomic E-state index is 13.3. The minimum absolute atomic E-state index is 0.0210. The number of allylic oxidation sites excluding steroid dienone is 2. The van der Waals surface area contributed by atoms with Gasteiger partial charge in [0.25, 0.3) is 11.8 Å². The van der Waals surface area contributed by atoms with Crippen molar-refractivity contribution < 1.29 is 19.2 Å². The van der Waals surface area contributed by atoms with Gasteiger partial charge in [-0.25, -0.2) is 4.90 Å². The predicted molar refractivity (Wildman–Crippen MR) is 142 cm³/mol. The van der Waals surface area contributed by atoms with Gasteiger partial charge in [0, 0.05) is 24.3 Å². The number of imide groups is 1. The van der Waals surface area contributed by atoms with Crippen molar-refractivity contribution in [2.75, 3.05) is 17.3 Å². The average molecular weight is 500 g/mol. The molecule has 37 heavy (non-hydrogen) atoms. The largest absolute Gasteiger partial charge is 0.339 e. The second-order valence-electron chi connectivity index (χ2n) is 10.5. The maximum Gasteiger partial charge on any atom is 0.257 e. The van der Waals surface area contributed by atoms with Crippen LogP contribution in [0.3, 0.4) is 0 Å². The van der Waals surface area contributed by atoms with E-state index in [2.05, 4.69) is 5.32 Å². The van der Waals surface area contributed by atoms with Gasteiger partial charge in [-0.3, -0.25) is 19.2 Å². The van der Waals surface area contributed by atoms with Crippen molar-refractivity contribution in [3.63, 3.8) is 0 Å². The molecule has 0 aromatic heterocycles.